The maximum Gasteiger partial charge on any atom is 0.0770 e. The Morgan fingerprint density at radius 2 is 1.89 bits per heavy atom. The fourth-order valence-electron chi connectivity index (χ4n) is 1.17. The first-order valence-electron chi connectivity index (χ1n) is 3.47. The van der Waals surface area contributed by atoms with Gasteiger partial charge in [-0.05, 0) is 33.1 Å². The van der Waals surface area contributed by atoms with Crippen molar-refractivity contribution >= 4 is 0 Å². The van der Waals surface area contributed by atoms with Crippen LogP contribution in [0.15, 0.2) is 0 Å². The van der Waals surface area contributed by atoms with E-state index >= 15 is 0 Å². The van der Waals surface area contributed by atoms with Gasteiger partial charge in [-0.2, -0.15) is 0 Å². The Labute approximate surface area is 56.1 Å². The highest BCUT2D eigenvalue weighted by molar-refractivity contribution is 5.03. The fraction of sp³-hybridized carbons (Fsp3) is 1.00. The van der Waals surface area contributed by atoms with Crippen LogP contribution in [0.5, 0.6) is 0 Å². The molecule has 0 aliphatic heterocycles. The first-order valence-corrected chi connectivity index (χ1v) is 3.47. The van der Waals surface area contributed by atoms with Crippen molar-refractivity contribution in [2.24, 2.45) is 5.73 Å². The topological polar surface area (TPSA) is 46.2 Å². The van der Waals surface area contributed by atoms with E-state index in [1.54, 1.807) is 13.8 Å². The second-order valence-corrected chi connectivity index (χ2v) is 3.57. The summed E-state index contributed by atoms with van der Waals surface area (Å²) >= 11 is 0. The largest absolute Gasteiger partial charge is 0.389 e. The van der Waals surface area contributed by atoms with Crippen LogP contribution in [0, 0.1) is 0 Å². The maximum absolute atomic E-state index is 9.47. The normalized spacial score (nSPS) is 25.3. The molecule has 0 aromatic rings. The van der Waals surface area contributed by atoms with Crippen molar-refractivity contribution in [3.8, 4) is 0 Å². The van der Waals surface area contributed by atoms with E-state index in [1.165, 1.54) is 6.42 Å². The predicted molar refractivity (Wildman–Crippen MR) is 37.1 cm³/mol. The zero-order chi connectivity index (χ0) is 7.12. The molecule has 1 rings (SSSR count). The van der Waals surface area contributed by atoms with Gasteiger partial charge in [0, 0.05) is 5.54 Å². The molecule has 0 unspecified atom stereocenters. The van der Waals surface area contributed by atoms with E-state index in [0.717, 1.165) is 12.8 Å². The van der Waals surface area contributed by atoms with Crippen molar-refractivity contribution in [3.05, 3.63) is 0 Å². The van der Waals surface area contributed by atoms with E-state index in [4.69, 9.17) is 5.73 Å². The lowest BCUT2D eigenvalue weighted by Crippen LogP contribution is -2.61. The molecule has 2 nitrogen and oxygen atoms in total. The van der Waals surface area contributed by atoms with Gasteiger partial charge in [-0.25, -0.2) is 0 Å². The van der Waals surface area contributed by atoms with Crippen molar-refractivity contribution in [2.75, 3.05) is 0 Å². The molecule has 0 bridgehead atoms. The standard InChI is InChI=1S/C7H15NO/c1-6(2,9)7(8)4-3-5-7/h9H,3-5,8H2,1-2H3. The van der Waals surface area contributed by atoms with Crippen LogP contribution in [0.3, 0.4) is 0 Å². The Balaban J connectivity index is 2.59. The van der Waals surface area contributed by atoms with Gasteiger partial charge in [0.1, 0.15) is 0 Å². The lowest BCUT2D eigenvalue weighted by molar-refractivity contribution is -0.0407. The molecule has 54 valence electrons. The molecule has 1 aliphatic carbocycles. The molecule has 0 atom stereocenters. The molecule has 2 heteroatoms. The molecule has 0 aromatic carbocycles. The average Bonchev–Trinajstić information content (AvgIpc) is 1.57. The summed E-state index contributed by atoms with van der Waals surface area (Å²) in [7, 11) is 0. The van der Waals surface area contributed by atoms with E-state index in [9.17, 15) is 5.11 Å². The Kier molecular flexibility index (Phi) is 1.33. The molecule has 0 amide bonds. The molecule has 0 spiro atoms. The number of hydrogen-bond donors (Lipinski definition) is 2. The van der Waals surface area contributed by atoms with Crippen LogP contribution in [0.1, 0.15) is 33.1 Å². The van der Waals surface area contributed by atoms with E-state index in [1.807, 2.05) is 0 Å². The molecule has 9 heavy (non-hydrogen) atoms. The average molecular weight is 129 g/mol. The smallest absolute Gasteiger partial charge is 0.0770 e. The van der Waals surface area contributed by atoms with Crippen LogP contribution in [0.25, 0.3) is 0 Å². The van der Waals surface area contributed by atoms with E-state index in [0.29, 0.717) is 0 Å². The van der Waals surface area contributed by atoms with Gasteiger partial charge in [0.25, 0.3) is 0 Å². The summed E-state index contributed by atoms with van der Waals surface area (Å²) < 4.78 is 0. The molecule has 0 radical (unpaired) electrons. The molecule has 1 aliphatic rings. The SMILES string of the molecule is CC(C)(O)C1(N)CCC1. The Morgan fingerprint density at radius 1 is 1.44 bits per heavy atom. The number of rotatable bonds is 1. The van der Waals surface area contributed by atoms with Gasteiger partial charge in [0.05, 0.1) is 5.60 Å². The van der Waals surface area contributed by atoms with Crippen LogP contribution >= 0.6 is 0 Å². The molecule has 3 N–H and O–H groups in total. The van der Waals surface area contributed by atoms with Crippen molar-refractivity contribution < 1.29 is 5.11 Å². The molecular formula is C7H15NO. The van der Waals surface area contributed by atoms with Crippen molar-refractivity contribution in [1.82, 2.24) is 0 Å². The number of nitrogens with two attached hydrogens (primary N) is 1. The van der Waals surface area contributed by atoms with Gasteiger partial charge < -0.3 is 10.8 Å². The van der Waals surface area contributed by atoms with Crippen LogP contribution in [0.2, 0.25) is 0 Å². The van der Waals surface area contributed by atoms with Gasteiger partial charge in [0.15, 0.2) is 0 Å². The lowest BCUT2D eigenvalue weighted by Gasteiger charge is -2.47. The van der Waals surface area contributed by atoms with Crippen molar-refractivity contribution in [3.63, 3.8) is 0 Å². The minimum Gasteiger partial charge on any atom is -0.389 e. The van der Waals surface area contributed by atoms with Gasteiger partial charge in [0.2, 0.25) is 0 Å². The van der Waals surface area contributed by atoms with E-state index in [2.05, 4.69) is 0 Å². The molecule has 1 fully saturated rings. The second-order valence-electron chi connectivity index (χ2n) is 3.57. The molecule has 0 heterocycles. The maximum atomic E-state index is 9.47. The monoisotopic (exact) mass is 129 g/mol. The first-order chi connectivity index (χ1) is 3.96. The number of aliphatic hydroxyl groups is 1. The highest BCUT2D eigenvalue weighted by atomic mass is 16.3. The molecule has 0 saturated heterocycles. The fourth-order valence-corrected chi connectivity index (χ4v) is 1.17. The number of hydrogen-bond acceptors (Lipinski definition) is 2. The van der Waals surface area contributed by atoms with Gasteiger partial charge >= 0.3 is 0 Å². The second kappa shape index (κ2) is 1.70. The summed E-state index contributed by atoms with van der Waals surface area (Å²) in [4.78, 5) is 0. The first kappa shape index (κ1) is 7.03. The zero-order valence-corrected chi connectivity index (χ0v) is 6.15. The third-order valence-electron chi connectivity index (χ3n) is 2.46. The predicted octanol–water partition coefficient (Wildman–Crippen LogP) is 0.639. The van der Waals surface area contributed by atoms with Crippen LogP contribution in [0.4, 0.5) is 0 Å². The highest BCUT2D eigenvalue weighted by Gasteiger charge is 2.44. The summed E-state index contributed by atoms with van der Waals surface area (Å²) in [5.41, 5.74) is 4.86. The van der Waals surface area contributed by atoms with E-state index in [-0.39, 0.29) is 5.54 Å². The summed E-state index contributed by atoms with van der Waals surface area (Å²) in [6.07, 6.45) is 3.10. The highest BCUT2D eigenvalue weighted by Crippen LogP contribution is 2.37. The lowest BCUT2D eigenvalue weighted by atomic mass is 9.68. The Hall–Kier alpha value is -0.0800. The Morgan fingerprint density at radius 3 is 1.89 bits per heavy atom. The summed E-state index contributed by atoms with van der Waals surface area (Å²) in [6, 6.07) is 0. The molecule has 0 aromatic heterocycles. The summed E-state index contributed by atoms with van der Waals surface area (Å²) in [6.45, 7) is 3.57. The van der Waals surface area contributed by atoms with Crippen molar-refractivity contribution in [2.45, 2.75) is 44.2 Å². The molecular weight excluding hydrogens is 114 g/mol. The van der Waals surface area contributed by atoms with Gasteiger partial charge in [-0.3, -0.25) is 0 Å². The third-order valence-corrected chi connectivity index (χ3v) is 2.46. The Bertz CT molecular complexity index is 111. The van der Waals surface area contributed by atoms with Gasteiger partial charge in [-0.1, -0.05) is 0 Å². The minimum atomic E-state index is -0.689. The molecule has 1 saturated carbocycles. The van der Waals surface area contributed by atoms with Crippen LogP contribution < -0.4 is 5.73 Å². The van der Waals surface area contributed by atoms with Crippen LogP contribution in [-0.2, 0) is 0 Å². The van der Waals surface area contributed by atoms with Gasteiger partial charge in [-0.15, -0.1) is 0 Å². The quantitative estimate of drug-likeness (QED) is 0.545. The third kappa shape index (κ3) is 0.970. The minimum absolute atomic E-state index is 0.285. The van der Waals surface area contributed by atoms with E-state index < -0.39 is 5.60 Å². The summed E-state index contributed by atoms with van der Waals surface area (Å²) in [5, 5.41) is 9.47. The van der Waals surface area contributed by atoms with Crippen molar-refractivity contribution in [1.29, 1.82) is 0 Å². The van der Waals surface area contributed by atoms with Crippen LogP contribution in [-0.4, -0.2) is 16.2 Å². The summed E-state index contributed by atoms with van der Waals surface area (Å²) in [5.74, 6) is 0. The zero-order valence-electron chi connectivity index (χ0n) is 6.15.